The number of hydrogen-bond donors (Lipinski definition) is 3. The lowest BCUT2D eigenvalue weighted by Gasteiger charge is -2.07. The van der Waals surface area contributed by atoms with Crippen molar-refractivity contribution in [3.8, 4) is 0 Å². The zero-order valence-corrected chi connectivity index (χ0v) is 9.36. The van der Waals surface area contributed by atoms with Gasteiger partial charge in [0, 0.05) is 19.9 Å². The minimum absolute atomic E-state index is 0.128. The lowest BCUT2D eigenvalue weighted by atomic mass is 10.3. The van der Waals surface area contributed by atoms with Crippen molar-refractivity contribution in [2.45, 2.75) is 0 Å². The number of rotatable bonds is 4. The van der Waals surface area contributed by atoms with Crippen molar-refractivity contribution < 1.29 is 4.74 Å². The van der Waals surface area contributed by atoms with Crippen LogP contribution >= 0.6 is 0 Å². The summed E-state index contributed by atoms with van der Waals surface area (Å²) in [6, 6.07) is 1.68. The van der Waals surface area contributed by atoms with Gasteiger partial charge in [-0.1, -0.05) is 0 Å². The van der Waals surface area contributed by atoms with Gasteiger partial charge in [-0.2, -0.15) is 4.98 Å². The maximum absolute atomic E-state index is 11.7. The largest absolute Gasteiger partial charge is 0.383 e. The van der Waals surface area contributed by atoms with Gasteiger partial charge in [-0.05, 0) is 6.07 Å². The normalized spacial score (nSPS) is 10.6. The number of ether oxygens (including phenoxy) is 1. The van der Waals surface area contributed by atoms with E-state index in [0.717, 1.165) is 0 Å². The van der Waals surface area contributed by atoms with Gasteiger partial charge in [0.05, 0.1) is 12.1 Å². The number of aromatic nitrogens is 3. The smallest absolute Gasteiger partial charge is 0.261 e. The van der Waals surface area contributed by atoms with Gasteiger partial charge in [-0.3, -0.25) is 4.79 Å². The number of fused-ring (bicyclic) bond motifs is 1. The zero-order valence-electron chi connectivity index (χ0n) is 9.36. The lowest BCUT2D eigenvalue weighted by Crippen LogP contribution is -2.15. The number of anilines is 2. The molecule has 0 saturated carbocycles. The summed E-state index contributed by atoms with van der Waals surface area (Å²) in [4.78, 5) is 22.3. The summed E-state index contributed by atoms with van der Waals surface area (Å²) < 4.78 is 4.91. The molecule has 17 heavy (non-hydrogen) atoms. The maximum atomic E-state index is 11.7. The summed E-state index contributed by atoms with van der Waals surface area (Å²) in [5.41, 5.74) is 5.84. The first-order valence-electron chi connectivity index (χ1n) is 5.10. The Morgan fingerprint density at radius 2 is 2.35 bits per heavy atom. The van der Waals surface area contributed by atoms with Crippen LogP contribution in [0.15, 0.2) is 17.1 Å². The molecule has 0 amide bonds. The average Bonchev–Trinajstić information content (AvgIpc) is 2.28. The van der Waals surface area contributed by atoms with E-state index in [1.807, 2.05) is 0 Å². The van der Waals surface area contributed by atoms with Gasteiger partial charge in [0.25, 0.3) is 5.56 Å². The van der Waals surface area contributed by atoms with Gasteiger partial charge in [0.1, 0.15) is 11.2 Å². The first-order chi connectivity index (χ1) is 8.22. The number of nitrogen functional groups attached to an aromatic ring is 1. The second kappa shape index (κ2) is 4.79. The van der Waals surface area contributed by atoms with Crippen LogP contribution in [-0.4, -0.2) is 35.2 Å². The highest BCUT2D eigenvalue weighted by Gasteiger charge is 2.08. The quantitative estimate of drug-likeness (QED) is 0.642. The van der Waals surface area contributed by atoms with Gasteiger partial charge < -0.3 is 20.8 Å². The third-order valence-corrected chi connectivity index (χ3v) is 2.24. The Kier molecular flexibility index (Phi) is 3.20. The Bertz CT molecular complexity index is 580. The maximum Gasteiger partial charge on any atom is 0.261 e. The second-order valence-corrected chi connectivity index (χ2v) is 3.42. The summed E-state index contributed by atoms with van der Waals surface area (Å²) in [7, 11) is 1.60. The third kappa shape index (κ3) is 2.34. The van der Waals surface area contributed by atoms with Crippen molar-refractivity contribution in [3.05, 3.63) is 22.6 Å². The van der Waals surface area contributed by atoms with Crippen LogP contribution in [0.1, 0.15) is 0 Å². The molecule has 0 aliphatic heterocycles. The van der Waals surface area contributed by atoms with E-state index in [9.17, 15) is 4.79 Å². The van der Waals surface area contributed by atoms with Crippen molar-refractivity contribution >= 4 is 22.7 Å². The van der Waals surface area contributed by atoms with Gasteiger partial charge in [-0.25, -0.2) is 4.98 Å². The highest BCUT2D eigenvalue weighted by atomic mass is 16.5. The number of nitrogens with two attached hydrogens (primary N) is 1. The molecule has 0 saturated heterocycles. The Morgan fingerprint density at radius 3 is 3.12 bits per heavy atom. The molecule has 2 aromatic rings. The van der Waals surface area contributed by atoms with E-state index in [-0.39, 0.29) is 11.5 Å². The van der Waals surface area contributed by atoms with Crippen LogP contribution in [0.2, 0.25) is 0 Å². The molecule has 0 aliphatic rings. The van der Waals surface area contributed by atoms with Crippen molar-refractivity contribution in [1.29, 1.82) is 0 Å². The lowest BCUT2D eigenvalue weighted by molar-refractivity contribution is 0.210. The number of methoxy groups -OCH3 is 1. The molecular formula is C10H13N5O2. The van der Waals surface area contributed by atoms with Crippen LogP contribution in [0, 0.1) is 0 Å². The summed E-state index contributed by atoms with van der Waals surface area (Å²) in [6.45, 7) is 1.05. The summed E-state index contributed by atoms with van der Waals surface area (Å²) in [5.74, 6) is 0.550. The van der Waals surface area contributed by atoms with Gasteiger partial charge in [0.2, 0.25) is 5.95 Å². The molecule has 4 N–H and O–H groups in total. The molecule has 0 radical (unpaired) electrons. The Hall–Kier alpha value is -2.15. The first kappa shape index (κ1) is 11.3. The molecule has 0 fully saturated rings. The number of hydrogen-bond acceptors (Lipinski definition) is 6. The number of aromatic amines is 1. The standard InChI is InChI=1S/C10H13N5O2/c1-17-5-4-12-8-7-6(14-10(11)15-8)2-3-13-9(7)16/h2-3H,4-5H2,1H3,(H,13,16)(H3,11,12,14,15). The molecule has 0 spiro atoms. The molecule has 0 bridgehead atoms. The Balaban J connectivity index is 2.49. The molecular weight excluding hydrogens is 222 g/mol. The fraction of sp³-hybridized carbons (Fsp3) is 0.300. The molecule has 2 rings (SSSR count). The van der Waals surface area contributed by atoms with Crippen LogP contribution in [0.25, 0.3) is 10.9 Å². The van der Waals surface area contributed by atoms with E-state index in [1.165, 1.54) is 6.20 Å². The van der Waals surface area contributed by atoms with Crippen molar-refractivity contribution in [1.82, 2.24) is 15.0 Å². The fourth-order valence-electron chi connectivity index (χ4n) is 1.51. The van der Waals surface area contributed by atoms with E-state index in [1.54, 1.807) is 13.2 Å². The summed E-state index contributed by atoms with van der Waals surface area (Å²) >= 11 is 0. The van der Waals surface area contributed by atoms with E-state index in [4.69, 9.17) is 10.5 Å². The summed E-state index contributed by atoms with van der Waals surface area (Å²) in [5, 5.41) is 3.39. The molecule has 2 aromatic heterocycles. The second-order valence-electron chi connectivity index (χ2n) is 3.42. The minimum Gasteiger partial charge on any atom is -0.383 e. The highest BCUT2D eigenvalue weighted by molar-refractivity contribution is 5.88. The molecule has 2 heterocycles. The van der Waals surface area contributed by atoms with Crippen molar-refractivity contribution in [2.24, 2.45) is 0 Å². The van der Waals surface area contributed by atoms with Crippen molar-refractivity contribution in [3.63, 3.8) is 0 Å². The van der Waals surface area contributed by atoms with Gasteiger partial charge in [-0.15, -0.1) is 0 Å². The SMILES string of the molecule is COCCNc1nc(N)nc2cc[nH]c(=O)c12. The molecule has 0 atom stereocenters. The minimum atomic E-state index is -0.248. The van der Waals surface area contributed by atoms with E-state index >= 15 is 0 Å². The Labute approximate surface area is 97.0 Å². The molecule has 7 nitrogen and oxygen atoms in total. The number of nitrogens with zero attached hydrogens (tertiary/aromatic N) is 2. The van der Waals surface area contributed by atoms with Crippen LogP contribution < -0.4 is 16.6 Å². The number of pyridine rings is 1. The zero-order chi connectivity index (χ0) is 12.3. The molecule has 0 aliphatic carbocycles. The Morgan fingerprint density at radius 1 is 1.53 bits per heavy atom. The topological polar surface area (TPSA) is 106 Å². The molecule has 0 unspecified atom stereocenters. The fourth-order valence-corrected chi connectivity index (χ4v) is 1.51. The number of H-pyrrole nitrogens is 1. The van der Waals surface area contributed by atoms with Crippen LogP contribution in [0.4, 0.5) is 11.8 Å². The van der Waals surface area contributed by atoms with E-state index in [0.29, 0.717) is 29.9 Å². The molecule has 0 aromatic carbocycles. The molecule has 7 heteroatoms. The van der Waals surface area contributed by atoms with Crippen molar-refractivity contribution in [2.75, 3.05) is 31.3 Å². The molecule has 90 valence electrons. The van der Waals surface area contributed by atoms with Gasteiger partial charge >= 0.3 is 0 Å². The van der Waals surface area contributed by atoms with Crippen LogP contribution in [-0.2, 0) is 4.74 Å². The van der Waals surface area contributed by atoms with E-state index < -0.39 is 0 Å². The van der Waals surface area contributed by atoms with E-state index in [2.05, 4.69) is 20.3 Å². The number of nitrogens with one attached hydrogen (secondary N) is 2. The first-order valence-corrected chi connectivity index (χ1v) is 5.10. The average molecular weight is 235 g/mol. The predicted octanol–water partition coefficient (Wildman–Crippen LogP) is -0.0414. The van der Waals surface area contributed by atoms with Crippen LogP contribution in [0.5, 0.6) is 0 Å². The monoisotopic (exact) mass is 235 g/mol. The highest BCUT2D eigenvalue weighted by Crippen LogP contribution is 2.16. The predicted molar refractivity (Wildman–Crippen MR) is 64.9 cm³/mol. The summed E-state index contributed by atoms with van der Waals surface area (Å²) in [6.07, 6.45) is 1.52. The van der Waals surface area contributed by atoms with Gasteiger partial charge in [0.15, 0.2) is 0 Å². The van der Waals surface area contributed by atoms with Crippen LogP contribution in [0.3, 0.4) is 0 Å². The third-order valence-electron chi connectivity index (χ3n) is 2.24.